The molecular weight excluding hydrogens is 242 g/mol. The molecule has 0 bridgehead atoms. The van der Waals surface area contributed by atoms with E-state index in [1.807, 2.05) is 0 Å². The Bertz CT molecular complexity index is 501. The number of aliphatic hydroxyl groups excluding tert-OH is 2. The molecule has 2 rings (SSSR count). The van der Waals surface area contributed by atoms with E-state index >= 15 is 0 Å². The summed E-state index contributed by atoms with van der Waals surface area (Å²) >= 11 is 0. The molecule has 0 aliphatic carbocycles. The van der Waals surface area contributed by atoms with Gasteiger partial charge in [-0.25, -0.2) is 4.79 Å². The van der Waals surface area contributed by atoms with Crippen molar-refractivity contribution in [1.29, 1.82) is 0 Å². The Labute approximate surface area is 102 Å². The van der Waals surface area contributed by atoms with Gasteiger partial charge in [-0.2, -0.15) is 4.98 Å². The van der Waals surface area contributed by atoms with E-state index in [2.05, 4.69) is 4.98 Å². The van der Waals surface area contributed by atoms with Crippen molar-refractivity contribution in [3.8, 4) is 0 Å². The molecule has 0 saturated carbocycles. The number of rotatable bonds is 2. The first-order chi connectivity index (χ1) is 8.37. The van der Waals surface area contributed by atoms with E-state index in [-0.39, 0.29) is 5.82 Å². The molecule has 1 aromatic heterocycles. The van der Waals surface area contributed by atoms with E-state index in [1.54, 1.807) is 0 Å². The van der Waals surface area contributed by atoms with Crippen molar-refractivity contribution in [3.63, 3.8) is 0 Å². The summed E-state index contributed by atoms with van der Waals surface area (Å²) in [4.78, 5) is 15.2. The van der Waals surface area contributed by atoms with Gasteiger partial charge in [0.2, 0.25) is 0 Å². The van der Waals surface area contributed by atoms with Crippen LogP contribution in [-0.4, -0.2) is 49.3 Å². The summed E-state index contributed by atoms with van der Waals surface area (Å²) in [7, 11) is 0. The zero-order valence-corrected chi connectivity index (χ0v) is 9.72. The second-order valence-electron chi connectivity index (χ2n) is 4.42. The summed E-state index contributed by atoms with van der Waals surface area (Å²) in [6.45, 7) is 0.853. The Kier molecular flexibility index (Phi) is 3.11. The normalized spacial score (nSPS) is 35.9. The van der Waals surface area contributed by atoms with Crippen LogP contribution in [-0.2, 0) is 4.74 Å². The Hall–Kier alpha value is -1.48. The highest BCUT2D eigenvalue weighted by Crippen LogP contribution is 2.37. The molecule has 0 amide bonds. The Morgan fingerprint density at radius 2 is 2.33 bits per heavy atom. The fourth-order valence-corrected chi connectivity index (χ4v) is 1.99. The van der Waals surface area contributed by atoms with E-state index in [0.29, 0.717) is 0 Å². The van der Waals surface area contributed by atoms with Crippen LogP contribution in [0.1, 0.15) is 13.2 Å². The van der Waals surface area contributed by atoms with E-state index < -0.39 is 36.3 Å². The summed E-state index contributed by atoms with van der Waals surface area (Å²) < 4.78 is 6.30. The number of aromatic nitrogens is 2. The lowest BCUT2D eigenvalue weighted by Crippen LogP contribution is -2.46. The van der Waals surface area contributed by atoms with Gasteiger partial charge in [0.05, 0.1) is 6.61 Å². The van der Waals surface area contributed by atoms with Gasteiger partial charge in [0, 0.05) is 6.20 Å². The quantitative estimate of drug-likeness (QED) is 0.474. The van der Waals surface area contributed by atoms with Crippen molar-refractivity contribution >= 4 is 5.82 Å². The molecule has 18 heavy (non-hydrogen) atoms. The molecule has 5 N–H and O–H groups in total. The highest BCUT2D eigenvalue weighted by molar-refractivity contribution is 5.23. The SMILES string of the molecule is C[C@]1(O)[C@H](O)[C@H](CO)O[C@@H]1n1ccc(N)nc1=O. The minimum Gasteiger partial charge on any atom is -0.394 e. The van der Waals surface area contributed by atoms with Crippen LogP contribution in [0.3, 0.4) is 0 Å². The minimum atomic E-state index is -1.71. The Morgan fingerprint density at radius 3 is 2.83 bits per heavy atom. The number of nitrogen functional groups attached to an aromatic ring is 1. The van der Waals surface area contributed by atoms with Gasteiger partial charge in [-0.05, 0) is 13.0 Å². The first kappa shape index (κ1) is 13.0. The average molecular weight is 257 g/mol. The molecule has 1 aliphatic heterocycles. The average Bonchev–Trinajstić information content (AvgIpc) is 2.52. The fraction of sp³-hybridized carbons (Fsp3) is 0.600. The molecule has 1 aliphatic rings. The van der Waals surface area contributed by atoms with Gasteiger partial charge in [0.15, 0.2) is 6.23 Å². The molecule has 1 saturated heterocycles. The Morgan fingerprint density at radius 1 is 1.67 bits per heavy atom. The number of nitrogens with zero attached hydrogens (tertiary/aromatic N) is 2. The van der Waals surface area contributed by atoms with Crippen LogP contribution >= 0.6 is 0 Å². The van der Waals surface area contributed by atoms with Gasteiger partial charge in [-0.3, -0.25) is 4.57 Å². The molecule has 0 radical (unpaired) electrons. The second kappa shape index (κ2) is 4.32. The first-order valence-electron chi connectivity index (χ1n) is 5.39. The van der Waals surface area contributed by atoms with Crippen LogP contribution in [0.4, 0.5) is 5.82 Å². The molecule has 0 unspecified atom stereocenters. The number of aliphatic hydroxyl groups is 3. The zero-order chi connectivity index (χ0) is 13.5. The van der Waals surface area contributed by atoms with Crippen LogP contribution in [0.25, 0.3) is 0 Å². The summed E-state index contributed by atoms with van der Waals surface area (Å²) in [5.74, 6) is 0.0492. The van der Waals surface area contributed by atoms with E-state index in [0.717, 1.165) is 4.57 Å². The predicted molar refractivity (Wildman–Crippen MR) is 60.5 cm³/mol. The third kappa shape index (κ3) is 1.89. The lowest BCUT2D eigenvalue weighted by Gasteiger charge is -2.27. The molecule has 0 aromatic carbocycles. The van der Waals surface area contributed by atoms with Crippen LogP contribution in [0, 0.1) is 0 Å². The van der Waals surface area contributed by atoms with Crippen LogP contribution in [0.5, 0.6) is 0 Å². The molecule has 4 atom stereocenters. The van der Waals surface area contributed by atoms with Crippen molar-refractivity contribution in [2.45, 2.75) is 31.0 Å². The van der Waals surface area contributed by atoms with Gasteiger partial charge < -0.3 is 25.8 Å². The maximum absolute atomic E-state index is 11.7. The molecule has 8 heteroatoms. The summed E-state index contributed by atoms with van der Waals surface area (Å²) in [5, 5.41) is 29.0. The number of nitrogens with two attached hydrogens (primary N) is 1. The first-order valence-corrected chi connectivity index (χ1v) is 5.39. The van der Waals surface area contributed by atoms with Crippen LogP contribution < -0.4 is 11.4 Å². The van der Waals surface area contributed by atoms with E-state index in [9.17, 15) is 15.0 Å². The Balaban J connectivity index is 2.42. The van der Waals surface area contributed by atoms with Crippen molar-refractivity contribution in [3.05, 3.63) is 22.7 Å². The molecule has 1 fully saturated rings. The second-order valence-corrected chi connectivity index (χ2v) is 4.42. The van der Waals surface area contributed by atoms with Crippen LogP contribution in [0.2, 0.25) is 0 Å². The van der Waals surface area contributed by atoms with Gasteiger partial charge in [0.25, 0.3) is 0 Å². The van der Waals surface area contributed by atoms with Crippen molar-refractivity contribution in [2.75, 3.05) is 12.3 Å². The molecule has 8 nitrogen and oxygen atoms in total. The van der Waals surface area contributed by atoms with E-state index in [4.69, 9.17) is 15.6 Å². The highest BCUT2D eigenvalue weighted by atomic mass is 16.6. The summed E-state index contributed by atoms with van der Waals surface area (Å²) in [6.07, 6.45) is -2.09. The maximum Gasteiger partial charge on any atom is 0.351 e. The number of anilines is 1. The number of ether oxygens (including phenoxy) is 1. The standard InChI is InChI=1S/C10H15N3O5/c1-10(17)7(15)5(4-14)18-8(10)13-3-2-6(11)12-9(13)16/h2-3,5,7-8,14-15,17H,4H2,1H3,(H2,11,12,16)/t5-,7+,8-,10-/m0/s1. The predicted octanol–water partition coefficient (Wildman–Crippen LogP) is -2.17. The van der Waals surface area contributed by atoms with Gasteiger partial charge in [-0.1, -0.05) is 0 Å². The summed E-state index contributed by atoms with van der Waals surface area (Å²) in [5.41, 5.74) is 2.94. The monoisotopic (exact) mass is 257 g/mol. The minimum absolute atomic E-state index is 0.0492. The maximum atomic E-state index is 11.7. The number of hydrogen-bond acceptors (Lipinski definition) is 7. The third-order valence-electron chi connectivity index (χ3n) is 3.04. The van der Waals surface area contributed by atoms with Crippen molar-refractivity contribution in [1.82, 2.24) is 9.55 Å². The zero-order valence-electron chi connectivity index (χ0n) is 9.72. The molecular formula is C10H15N3O5. The number of hydrogen-bond donors (Lipinski definition) is 4. The topological polar surface area (TPSA) is 131 Å². The fourth-order valence-electron chi connectivity index (χ4n) is 1.99. The molecule has 2 heterocycles. The van der Waals surface area contributed by atoms with Crippen molar-refractivity contribution in [2.24, 2.45) is 0 Å². The molecule has 100 valence electrons. The molecule has 1 aromatic rings. The highest BCUT2D eigenvalue weighted by Gasteiger charge is 2.53. The van der Waals surface area contributed by atoms with Crippen molar-refractivity contribution < 1.29 is 20.1 Å². The van der Waals surface area contributed by atoms with E-state index in [1.165, 1.54) is 19.2 Å². The van der Waals surface area contributed by atoms with Gasteiger partial charge >= 0.3 is 5.69 Å². The van der Waals surface area contributed by atoms with Gasteiger partial charge in [-0.15, -0.1) is 0 Å². The lowest BCUT2D eigenvalue weighted by molar-refractivity contribution is -0.0986. The smallest absolute Gasteiger partial charge is 0.351 e. The largest absolute Gasteiger partial charge is 0.394 e. The summed E-state index contributed by atoms with van der Waals surface area (Å²) in [6, 6.07) is 1.37. The van der Waals surface area contributed by atoms with Gasteiger partial charge in [0.1, 0.15) is 23.6 Å². The third-order valence-corrected chi connectivity index (χ3v) is 3.04. The molecule has 0 spiro atoms. The van der Waals surface area contributed by atoms with Crippen LogP contribution in [0.15, 0.2) is 17.1 Å². The lowest BCUT2D eigenvalue weighted by atomic mass is 9.96.